The second-order valence-electron chi connectivity index (χ2n) is 5.64. The number of halogens is 2. The lowest BCUT2D eigenvalue weighted by molar-refractivity contribution is 0.509. The number of rotatable bonds is 4. The Labute approximate surface area is 146 Å². The summed E-state index contributed by atoms with van der Waals surface area (Å²) in [6.45, 7) is 0.350. The number of benzene rings is 2. The summed E-state index contributed by atoms with van der Waals surface area (Å²) in [7, 11) is 0. The molecule has 0 amide bonds. The number of H-pyrrole nitrogens is 1. The first-order valence-corrected chi connectivity index (χ1v) is 7.83. The maximum atomic E-state index is 13.4. The van der Waals surface area contributed by atoms with Gasteiger partial charge in [0.2, 0.25) is 0 Å². The number of anilines is 1. The molecule has 0 bridgehead atoms. The number of hydrogen-bond acceptors (Lipinski definition) is 4. The van der Waals surface area contributed by atoms with Crippen LogP contribution in [0.1, 0.15) is 5.69 Å². The van der Waals surface area contributed by atoms with Gasteiger partial charge in [0, 0.05) is 17.3 Å². The molecule has 2 N–H and O–H groups in total. The molecule has 0 atom stereocenters. The van der Waals surface area contributed by atoms with Crippen LogP contribution in [0.3, 0.4) is 0 Å². The van der Waals surface area contributed by atoms with E-state index in [1.807, 2.05) is 30.3 Å². The molecule has 0 aliphatic carbocycles. The molecule has 0 aliphatic rings. The molecule has 8 heteroatoms. The summed E-state index contributed by atoms with van der Waals surface area (Å²) in [6, 6.07) is 14.3. The molecule has 0 radical (unpaired) electrons. The van der Waals surface area contributed by atoms with Crippen molar-refractivity contribution in [2.24, 2.45) is 0 Å². The zero-order valence-corrected chi connectivity index (χ0v) is 13.4. The predicted molar refractivity (Wildman–Crippen MR) is 92.7 cm³/mol. The quantitative estimate of drug-likeness (QED) is 0.591. The van der Waals surface area contributed by atoms with Crippen LogP contribution in [-0.2, 0) is 6.54 Å². The maximum Gasteiger partial charge on any atom is 0.274 e. The van der Waals surface area contributed by atoms with Crippen molar-refractivity contribution in [3.8, 4) is 11.4 Å². The molecule has 0 saturated heterocycles. The number of para-hydroxylation sites is 1. The predicted octanol–water partition coefficient (Wildman–Crippen LogP) is 2.97. The van der Waals surface area contributed by atoms with Gasteiger partial charge in [0.15, 0.2) is 17.5 Å². The molecule has 2 heterocycles. The van der Waals surface area contributed by atoms with Gasteiger partial charge in [-0.15, -0.1) is 0 Å². The van der Waals surface area contributed by atoms with Crippen molar-refractivity contribution < 1.29 is 8.78 Å². The van der Waals surface area contributed by atoms with Crippen LogP contribution < -0.4 is 10.9 Å². The third-order valence-corrected chi connectivity index (χ3v) is 3.82. The fourth-order valence-corrected chi connectivity index (χ4v) is 2.54. The van der Waals surface area contributed by atoms with Gasteiger partial charge in [-0.2, -0.15) is 9.50 Å². The van der Waals surface area contributed by atoms with E-state index >= 15 is 0 Å². The Morgan fingerprint density at radius 2 is 1.81 bits per heavy atom. The summed E-state index contributed by atoms with van der Waals surface area (Å²) in [6.07, 6.45) is 0. The molecule has 4 aromatic rings. The van der Waals surface area contributed by atoms with E-state index in [-0.39, 0.29) is 17.2 Å². The fraction of sp³-hybridized carbons (Fsp3) is 0.0556. The van der Waals surface area contributed by atoms with Crippen LogP contribution in [0.5, 0.6) is 0 Å². The molecular formula is C18H13F2N5O. The van der Waals surface area contributed by atoms with Gasteiger partial charge in [0.05, 0.1) is 12.2 Å². The lowest BCUT2D eigenvalue weighted by Gasteiger charge is -2.05. The van der Waals surface area contributed by atoms with Gasteiger partial charge >= 0.3 is 0 Å². The van der Waals surface area contributed by atoms with Gasteiger partial charge in [-0.25, -0.2) is 13.8 Å². The SMILES string of the molecule is O=c1cc(CNc2ccccc2)nc2nc(-c3ccc(F)c(F)c3)[nH]n12. The average Bonchev–Trinajstić information content (AvgIpc) is 3.08. The molecular weight excluding hydrogens is 340 g/mol. The number of aromatic amines is 1. The van der Waals surface area contributed by atoms with Gasteiger partial charge in [0.1, 0.15) is 0 Å². The van der Waals surface area contributed by atoms with E-state index in [2.05, 4.69) is 20.4 Å². The lowest BCUT2D eigenvalue weighted by atomic mass is 10.2. The summed E-state index contributed by atoms with van der Waals surface area (Å²) < 4.78 is 27.7. The first-order valence-electron chi connectivity index (χ1n) is 7.83. The highest BCUT2D eigenvalue weighted by atomic mass is 19.2. The summed E-state index contributed by atoms with van der Waals surface area (Å²) in [4.78, 5) is 20.8. The molecule has 4 rings (SSSR count). The second-order valence-corrected chi connectivity index (χ2v) is 5.64. The summed E-state index contributed by atoms with van der Waals surface area (Å²) >= 11 is 0. The van der Waals surface area contributed by atoms with E-state index in [1.54, 1.807) is 0 Å². The number of fused-ring (bicyclic) bond motifs is 1. The molecule has 26 heavy (non-hydrogen) atoms. The summed E-state index contributed by atoms with van der Waals surface area (Å²) in [5.41, 5.74) is 1.39. The highest BCUT2D eigenvalue weighted by Crippen LogP contribution is 2.18. The van der Waals surface area contributed by atoms with Gasteiger partial charge in [-0.1, -0.05) is 18.2 Å². The Hall–Kier alpha value is -3.55. The van der Waals surface area contributed by atoms with Crippen LogP contribution in [0.25, 0.3) is 17.2 Å². The van der Waals surface area contributed by atoms with Crippen LogP contribution in [0.2, 0.25) is 0 Å². The van der Waals surface area contributed by atoms with Crippen molar-refractivity contribution >= 4 is 11.5 Å². The maximum absolute atomic E-state index is 13.4. The summed E-state index contributed by atoms with van der Waals surface area (Å²) in [5, 5.41) is 5.91. The minimum atomic E-state index is -0.990. The van der Waals surface area contributed by atoms with Crippen molar-refractivity contribution in [1.29, 1.82) is 0 Å². The molecule has 0 spiro atoms. The molecule has 0 unspecified atom stereocenters. The number of hydrogen-bond donors (Lipinski definition) is 2. The number of nitrogens with zero attached hydrogens (tertiary/aromatic N) is 3. The average molecular weight is 353 g/mol. The van der Waals surface area contributed by atoms with Gasteiger partial charge < -0.3 is 5.32 Å². The van der Waals surface area contributed by atoms with E-state index in [0.717, 1.165) is 22.3 Å². The van der Waals surface area contributed by atoms with Gasteiger partial charge in [-0.05, 0) is 30.3 Å². The zero-order chi connectivity index (χ0) is 18.1. The van der Waals surface area contributed by atoms with Crippen molar-refractivity contribution in [2.45, 2.75) is 6.54 Å². The Morgan fingerprint density at radius 3 is 2.58 bits per heavy atom. The standard InChI is InChI=1S/C18H13F2N5O/c19-14-7-6-11(8-15(14)20)17-23-18-22-13(9-16(26)25(18)24-17)10-21-12-4-2-1-3-5-12/h1-9,21H,10H2,(H,22,23,24). The minimum Gasteiger partial charge on any atom is -0.379 e. The van der Waals surface area contributed by atoms with E-state index in [9.17, 15) is 13.6 Å². The Balaban J connectivity index is 1.66. The molecule has 130 valence electrons. The number of aromatic nitrogens is 4. The van der Waals surface area contributed by atoms with Crippen molar-refractivity contribution in [3.05, 3.63) is 82.3 Å². The van der Waals surface area contributed by atoms with Gasteiger partial charge in [0.25, 0.3) is 11.3 Å². The number of nitrogens with one attached hydrogen (secondary N) is 2. The topological polar surface area (TPSA) is 75.1 Å². The van der Waals surface area contributed by atoms with Crippen LogP contribution in [0, 0.1) is 11.6 Å². The Kier molecular flexibility index (Phi) is 3.92. The van der Waals surface area contributed by atoms with E-state index in [0.29, 0.717) is 17.8 Å². The van der Waals surface area contributed by atoms with E-state index in [4.69, 9.17) is 0 Å². The molecule has 0 saturated carbocycles. The van der Waals surface area contributed by atoms with Crippen LogP contribution in [0.4, 0.5) is 14.5 Å². The third kappa shape index (κ3) is 3.04. The largest absolute Gasteiger partial charge is 0.379 e. The monoisotopic (exact) mass is 353 g/mol. The molecule has 2 aromatic heterocycles. The van der Waals surface area contributed by atoms with E-state index in [1.165, 1.54) is 12.1 Å². The van der Waals surface area contributed by atoms with Crippen molar-refractivity contribution in [3.63, 3.8) is 0 Å². The van der Waals surface area contributed by atoms with Gasteiger partial charge in [-0.3, -0.25) is 9.89 Å². The summed E-state index contributed by atoms with van der Waals surface area (Å²) in [5.74, 6) is -1.56. The van der Waals surface area contributed by atoms with Crippen molar-refractivity contribution in [2.75, 3.05) is 5.32 Å². The molecule has 6 nitrogen and oxygen atoms in total. The molecule has 2 aromatic carbocycles. The lowest BCUT2D eigenvalue weighted by Crippen LogP contribution is -2.17. The van der Waals surface area contributed by atoms with Crippen LogP contribution in [0.15, 0.2) is 59.4 Å². The third-order valence-electron chi connectivity index (χ3n) is 3.82. The highest BCUT2D eigenvalue weighted by molar-refractivity contribution is 5.57. The highest BCUT2D eigenvalue weighted by Gasteiger charge is 2.11. The smallest absolute Gasteiger partial charge is 0.274 e. The van der Waals surface area contributed by atoms with Crippen LogP contribution >= 0.6 is 0 Å². The first kappa shape index (κ1) is 15.9. The van der Waals surface area contributed by atoms with Crippen LogP contribution in [-0.4, -0.2) is 19.6 Å². The van der Waals surface area contributed by atoms with E-state index < -0.39 is 11.6 Å². The molecule has 0 aliphatic heterocycles. The normalized spacial score (nSPS) is 11.0. The Bertz CT molecular complexity index is 1140. The van der Waals surface area contributed by atoms with Crippen molar-refractivity contribution in [1.82, 2.24) is 19.6 Å². The minimum absolute atomic E-state index is 0.155. The molecule has 0 fully saturated rings. The Morgan fingerprint density at radius 1 is 1.00 bits per heavy atom. The first-order chi connectivity index (χ1) is 12.6. The zero-order valence-electron chi connectivity index (χ0n) is 13.4. The second kappa shape index (κ2) is 6.40. The fourth-order valence-electron chi connectivity index (χ4n) is 2.54.